The van der Waals surface area contributed by atoms with Gasteiger partial charge in [-0.3, -0.25) is 72.2 Å². The van der Waals surface area contributed by atoms with E-state index in [-0.39, 0.29) is 128 Å². The van der Waals surface area contributed by atoms with Crippen LogP contribution in [0.25, 0.3) is 23.1 Å². The van der Waals surface area contributed by atoms with Crippen LogP contribution in [0.3, 0.4) is 0 Å². The third kappa shape index (κ3) is 29.6. The van der Waals surface area contributed by atoms with Gasteiger partial charge in [0.25, 0.3) is 5.91 Å². The molecule has 5 aromatic rings. The van der Waals surface area contributed by atoms with Gasteiger partial charge in [-0.1, -0.05) is 74.1 Å². The summed E-state index contributed by atoms with van der Waals surface area (Å²) in [6.07, 6.45) is 0.971. The van der Waals surface area contributed by atoms with Crippen molar-refractivity contribution in [3.05, 3.63) is 120 Å². The number of hydrogen-bond acceptors (Lipinski definition) is 25. The van der Waals surface area contributed by atoms with Crippen LogP contribution in [0.15, 0.2) is 107 Å². The minimum Gasteiger partial charge on any atom is -0.480 e. The monoisotopic (exact) mass is 1670 g/mol. The molecule has 0 aliphatic carbocycles. The fourth-order valence-electron chi connectivity index (χ4n) is 13.5. The molecule has 0 unspecified atom stereocenters. The van der Waals surface area contributed by atoms with Crippen molar-refractivity contribution in [1.82, 2.24) is 83.0 Å². The molecule has 39 heteroatoms. The number of likely N-dealkylation sites (tertiary alicyclic amines) is 1. The summed E-state index contributed by atoms with van der Waals surface area (Å²) in [5, 5.41) is 65.8. The average Bonchev–Trinajstić information content (AvgIpc) is 1.64. The molecule has 38 nitrogen and oxygen atoms in total. The summed E-state index contributed by atoms with van der Waals surface area (Å²) in [5.74, 6) is -11.6. The number of nitrogens with two attached hydrogens (primary N) is 5. The maximum atomic E-state index is 14.9. The van der Waals surface area contributed by atoms with Crippen molar-refractivity contribution in [1.29, 1.82) is 0 Å². The van der Waals surface area contributed by atoms with Crippen LogP contribution in [0, 0.1) is 5.92 Å². The molecule has 7 rings (SSSR count). The third-order valence-corrected chi connectivity index (χ3v) is 20.9. The molecule has 2 aromatic heterocycles. The molecule has 2 aliphatic heterocycles. The minimum atomic E-state index is -1.75. The molecular formula is C80H115N21O17S. The Labute approximate surface area is 694 Å². The first-order valence-electron chi connectivity index (χ1n) is 39.8. The van der Waals surface area contributed by atoms with Crippen molar-refractivity contribution in [2.45, 2.75) is 200 Å². The van der Waals surface area contributed by atoms with Crippen LogP contribution in [-0.4, -0.2) is 262 Å². The predicted octanol–water partition coefficient (Wildman–Crippen LogP) is -2.75. The van der Waals surface area contributed by atoms with Crippen molar-refractivity contribution >= 4 is 112 Å². The Kier molecular flexibility index (Phi) is 38.6. The lowest BCUT2D eigenvalue weighted by Crippen LogP contribution is -2.61. The van der Waals surface area contributed by atoms with E-state index in [1.807, 2.05) is 54.6 Å². The van der Waals surface area contributed by atoms with E-state index in [0.29, 0.717) is 52.3 Å². The fourth-order valence-corrected chi connectivity index (χ4v) is 14.4. The molecule has 2 fully saturated rings. The molecule has 0 radical (unpaired) electrons. The number of nitrogens with zero attached hydrogens (tertiary/aromatic N) is 5. The third-order valence-electron chi connectivity index (χ3n) is 19.9. The van der Waals surface area contributed by atoms with E-state index in [0.717, 1.165) is 10.3 Å². The first kappa shape index (κ1) is 95.3. The number of ether oxygens (including phenoxy) is 1. The summed E-state index contributed by atoms with van der Waals surface area (Å²) in [5.41, 5.74) is 32.6. The number of aliphatic carboxylic acids is 1. The number of fused-ring (bicyclic) bond motifs is 1. The second kappa shape index (κ2) is 48.2. The summed E-state index contributed by atoms with van der Waals surface area (Å²) >= 11 is 1.37. The van der Waals surface area contributed by atoms with Gasteiger partial charge in [-0.05, 0) is 164 Å². The lowest BCUT2D eigenvalue weighted by Gasteiger charge is -2.31. The van der Waals surface area contributed by atoms with Crippen LogP contribution < -0.4 is 87.2 Å². The summed E-state index contributed by atoms with van der Waals surface area (Å²) < 4.78 is 8.10. The molecule has 0 spiro atoms. The summed E-state index contributed by atoms with van der Waals surface area (Å²) in [6.45, 7) is 4.73. The van der Waals surface area contributed by atoms with E-state index < -0.39 is 157 Å². The number of aliphatic hydroxyl groups is 2. The van der Waals surface area contributed by atoms with E-state index >= 15 is 0 Å². The first-order chi connectivity index (χ1) is 56.9. The van der Waals surface area contributed by atoms with E-state index in [9.17, 15) is 77.6 Å². The molecule has 12 amide bonds. The zero-order chi connectivity index (χ0) is 86.8. The number of benzene rings is 3. The molecule has 2 saturated heterocycles. The Hall–Kier alpha value is -10.9. The SMILES string of the molecule is CNC(=O)c1ccccc1Sc1ccc2c(/C=C/c3ccccn3)nn(COCN(CCC(=O)N[C@H](C(=O)N[C@@H](CCN)C(=O)N[C@H]3CCNC(=O)[C@H]([C@@H](C)O)NC(=O)[C@H](CCN)NC(=O)[C@H](CCN)NC(=O)[C@H](CC(C)C)NC(=O)[C@@H](Cc4ccccc4)NC(=O)[C@H](CCN)NC3=O)[C@@H](C)O)C[C@@H]3CCCN3C(=O)CC[C@H](N)C(=O)O)c2c1. The van der Waals surface area contributed by atoms with Gasteiger partial charge in [-0.15, -0.1) is 0 Å². The Balaban J connectivity index is 1.14. The maximum absolute atomic E-state index is 14.9. The van der Waals surface area contributed by atoms with Crippen LogP contribution in [0.1, 0.15) is 126 Å². The predicted molar refractivity (Wildman–Crippen MR) is 441 cm³/mol. The van der Waals surface area contributed by atoms with Gasteiger partial charge in [0, 0.05) is 79.9 Å². The lowest BCUT2D eigenvalue weighted by molar-refractivity contribution is -0.139. The van der Waals surface area contributed by atoms with Gasteiger partial charge in [0.1, 0.15) is 73.9 Å². The number of pyridine rings is 1. The van der Waals surface area contributed by atoms with Crippen LogP contribution in [0.2, 0.25) is 0 Å². The Morgan fingerprint density at radius 1 is 0.689 bits per heavy atom. The molecule has 3 aromatic carbocycles. The minimum absolute atomic E-state index is 0.0187. The average molecular weight is 1670 g/mol. The summed E-state index contributed by atoms with van der Waals surface area (Å²) in [6, 6.07) is 11.2. The maximum Gasteiger partial charge on any atom is 0.320 e. The number of nitrogens with one attached hydrogen (secondary N) is 11. The number of aliphatic hydroxyl groups excluding tert-OH is 2. The fraction of sp³-hybridized carbons (Fsp3) is 0.512. The van der Waals surface area contributed by atoms with Crippen LogP contribution in [-0.2, 0) is 75.4 Å². The number of aromatic nitrogens is 3. The number of hydrogen-bond donors (Lipinski definition) is 19. The standard InChI is InChI=1S/C80H115N21O17S/c1-46(2)40-62-76(112)91-57(26-32-81)71(107)90-60(29-35-84)75(111)97-68(47(3)102)78(114)88-37-30-61(74(110)89-58(27-33-82)73(109)95-63(77(113)94-62)41-49-14-7-6-8-15-49)92-72(108)59(28-34-83)93-79(115)69(48(4)103)96-66(104)31-39-99(43-51-17-13-38-100(51)67(105)25-23-55(85)80(116)117)44-118-45-101-64-42-52(119-65-19-10-9-18-54(65)70(106)86-5)21-22-53(64)56(98-101)24-20-50-16-11-12-36-87-50/h6-12,14-16,18-22,24,36,42,46-48,51,55,57-63,68-69,102-103H,13,17,23,25-35,37-41,43-45,81-85H2,1-5H3,(H,86,106)(H,88,114)(H,89,110)(H,90,107)(H,91,112)(H,92,108)(H,93,115)(H,94,113)(H,95,109)(H,96,104)(H,97,111)(H,116,117)/b24-20+/t47-,48-,51+,55+,57+,58+,59+,60+,61+,62+,63-,68+,69+/m1/s1. The number of carboxylic acids is 1. The molecule has 24 N–H and O–H groups in total. The van der Waals surface area contributed by atoms with Crippen LogP contribution >= 0.6 is 11.8 Å². The highest BCUT2D eigenvalue weighted by Crippen LogP contribution is 2.34. The first-order valence-corrected chi connectivity index (χ1v) is 40.6. The van der Waals surface area contributed by atoms with E-state index in [4.69, 9.17) is 38.5 Å². The zero-order valence-electron chi connectivity index (χ0n) is 67.6. The van der Waals surface area contributed by atoms with E-state index in [1.165, 1.54) is 25.6 Å². The van der Waals surface area contributed by atoms with Crippen molar-refractivity contribution in [3.8, 4) is 0 Å². The summed E-state index contributed by atoms with van der Waals surface area (Å²) in [4.78, 5) is 192. The molecular weight excluding hydrogens is 1560 g/mol. The Morgan fingerprint density at radius 2 is 1.31 bits per heavy atom. The quantitative estimate of drug-likeness (QED) is 0.0179. The molecule has 13 atom stereocenters. The summed E-state index contributed by atoms with van der Waals surface area (Å²) in [7, 11) is 1.55. The van der Waals surface area contributed by atoms with E-state index in [1.54, 1.807) is 90.1 Å². The molecule has 2 aliphatic rings. The van der Waals surface area contributed by atoms with Crippen molar-refractivity contribution < 1.29 is 82.4 Å². The molecule has 0 bridgehead atoms. The van der Waals surface area contributed by atoms with Crippen molar-refractivity contribution in [3.63, 3.8) is 0 Å². The number of carbonyl (C=O) groups is 13. The topological polar surface area (TPSA) is 591 Å². The normalized spacial score (nSPS) is 20.8. The Morgan fingerprint density at radius 3 is 1.93 bits per heavy atom. The van der Waals surface area contributed by atoms with Gasteiger partial charge >= 0.3 is 5.97 Å². The van der Waals surface area contributed by atoms with Gasteiger partial charge < -0.3 is 112 Å². The second-order valence-electron chi connectivity index (χ2n) is 29.6. The number of amides is 12. The van der Waals surface area contributed by atoms with Crippen LogP contribution in [0.5, 0.6) is 0 Å². The van der Waals surface area contributed by atoms with Gasteiger partial charge in [-0.25, -0.2) is 4.68 Å². The molecule has 4 heterocycles. The molecule has 648 valence electrons. The highest BCUT2D eigenvalue weighted by molar-refractivity contribution is 7.99. The second-order valence-corrected chi connectivity index (χ2v) is 30.7. The zero-order valence-corrected chi connectivity index (χ0v) is 68.4. The van der Waals surface area contributed by atoms with Gasteiger partial charge in [-0.2, -0.15) is 5.10 Å². The smallest absolute Gasteiger partial charge is 0.320 e. The number of rotatable bonds is 37. The number of carboxylic acid groups (broad SMARTS) is 1. The molecule has 0 saturated carbocycles. The van der Waals surface area contributed by atoms with Crippen LogP contribution in [0.4, 0.5) is 0 Å². The number of carbonyl (C=O) groups excluding carboxylic acids is 12. The van der Waals surface area contributed by atoms with Crippen molar-refractivity contribution in [2.24, 2.45) is 34.6 Å². The largest absolute Gasteiger partial charge is 0.480 e. The van der Waals surface area contributed by atoms with Crippen molar-refractivity contribution in [2.75, 3.05) is 66.1 Å². The van der Waals surface area contributed by atoms with Gasteiger partial charge in [0.05, 0.1) is 34.7 Å². The Bertz CT molecular complexity index is 4290. The highest BCUT2D eigenvalue weighted by atomic mass is 32.2. The highest BCUT2D eigenvalue weighted by Gasteiger charge is 2.39. The van der Waals surface area contributed by atoms with E-state index in [2.05, 4.69) is 63.5 Å². The lowest BCUT2D eigenvalue weighted by atomic mass is 10.00. The molecule has 119 heavy (non-hydrogen) atoms. The van der Waals surface area contributed by atoms with Gasteiger partial charge in [0.15, 0.2) is 0 Å². The van der Waals surface area contributed by atoms with Gasteiger partial charge in [0.2, 0.25) is 65.0 Å².